The molecule has 2 heterocycles. The summed E-state index contributed by atoms with van der Waals surface area (Å²) in [4.78, 5) is 6.77. The maximum atomic E-state index is 9.88. The Kier molecular flexibility index (Phi) is 3.70. The lowest BCUT2D eigenvalue weighted by Crippen LogP contribution is -2.22. The van der Waals surface area contributed by atoms with Crippen LogP contribution in [0.2, 0.25) is 0 Å². The lowest BCUT2D eigenvalue weighted by Gasteiger charge is -2.21. The Bertz CT molecular complexity index is 568. The number of nitrogens with zero attached hydrogens (tertiary/aromatic N) is 2. The van der Waals surface area contributed by atoms with Crippen LogP contribution in [0.25, 0.3) is 0 Å². The minimum Gasteiger partial charge on any atom is -0.389 e. The van der Waals surface area contributed by atoms with Crippen molar-refractivity contribution in [2.45, 2.75) is 25.4 Å². The van der Waals surface area contributed by atoms with Gasteiger partial charge in [0.05, 0.1) is 6.10 Å². The number of rotatable bonds is 3. The quantitative estimate of drug-likeness (QED) is 0.929. The highest BCUT2D eigenvalue weighted by Gasteiger charge is 2.26. The molecule has 0 bridgehead atoms. The minimum absolute atomic E-state index is 0.477. The van der Waals surface area contributed by atoms with Crippen molar-refractivity contribution in [1.82, 2.24) is 4.98 Å². The van der Waals surface area contributed by atoms with E-state index in [4.69, 9.17) is 0 Å². The van der Waals surface area contributed by atoms with Crippen molar-refractivity contribution in [2.75, 3.05) is 18.0 Å². The summed E-state index contributed by atoms with van der Waals surface area (Å²) in [5, 5.41) is 9.88. The highest BCUT2D eigenvalue weighted by Crippen LogP contribution is 2.32. The molecule has 104 valence electrons. The molecule has 1 aliphatic rings. The van der Waals surface area contributed by atoms with Crippen LogP contribution >= 0.6 is 0 Å². The summed E-state index contributed by atoms with van der Waals surface area (Å²) in [5.74, 6) is 1.49. The summed E-state index contributed by atoms with van der Waals surface area (Å²) in [6.07, 6.45) is 2.46. The van der Waals surface area contributed by atoms with Crippen LogP contribution in [-0.2, 0) is 0 Å². The third-order valence-electron chi connectivity index (χ3n) is 4.03. The van der Waals surface area contributed by atoms with Gasteiger partial charge in [0, 0.05) is 30.8 Å². The van der Waals surface area contributed by atoms with Crippen molar-refractivity contribution in [1.29, 1.82) is 0 Å². The fourth-order valence-corrected chi connectivity index (χ4v) is 2.95. The molecule has 1 aromatic heterocycles. The van der Waals surface area contributed by atoms with E-state index in [2.05, 4.69) is 40.2 Å². The molecule has 20 heavy (non-hydrogen) atoms. The summed E-state index contributed by atoms with van der Waals surface area (Å²) < 4.78 is 0. The molecule has 0 aliphatic carbocycles. The van der Waals surface area contributed by atoms with Gasteiger partial charge in [-0.15, -0.1) is 0 Å². The van der Waals surface area contributed by atoms with Gasteiger partial charge in [-0.2, -0.15) is 0 Å². The van der Waals surface area contributed by atoms with Crippen LogP contribution in [-0.4, -0.2) is 23.2 Å². The van der Waals surface area contributed by atoms with E-state index < -0.39 is 6.10 Å². The fraction of sp³-hybridized carbons (Fsp3) is 0.353. The lowest BCUT2D eigenvalue weighted by atomic mass is 9.99. The van der Waals surface area contributed by atoms with Gasteiger partial charge in [0.25, 0.3) is 0 Å². The zero-order chi connectivity index (χ0) is 13.9. The molecule has 1 N–H and O–H groups in total. The number of benzene rings is 1. The summed E-state index contributed by atoms with van der Waals surface area (Å²) in [6.45, 7) is 3.77. The van der Waals surface area contributed by atoms with Crippen molar-refractivity contribution in [3.8, 4) is 0 Å². The van der Waals surface area contributed by atoms with E-state index in [-0.39, 0.29) is 0 Å². The second-order valence-corrected chi connectivity index (χ2v) is 5.43. The van der Waals surface area contributed by atoms with Gasteiger partial charge in [-0.3, -0.25) is 0 Å². The molecule has 1 unspecified atom stereocenters. The second kappa shape index (κ2) is 5.63. The van der Waals surface area contributed by atoms with E-state index in [0.29, 0.717) is 5.92 Å². The van der Waals surface area contributed by atoms with Crippen molar-refractivity contribution in [3.63, 3.8) is 0 Å². The predicted octanol–water partition coefficient (Wildman–Crippen LogP) is 3.13. The van der Waals surface area contributed by atoms with Gasteiger partial charge < -0.3 is 10.0 Å². The van der Waals surface area contributed by atoms with Gasteiger partial charge >= 0.3 is 0 Å². The molecule has 3 nitrogen and oxygen atoms in total. The Labute approximate surface area is 119 Å². The predicted molar refractivity (Wildman–Crippen MR) is 80.9 cm³/mol. The van der Waals surface area contributed by atoms with Gasteiger partial charge in [0.2, 0.25) is 0 Å². The van der Waals surface area contributed by atoms with Gasteiger partial charge in [-0.1, -0.05) is 36.4 Å². The van der Waals surface area contributed by atoms with Crippen LogP contribution in [0.3, 0.4) is 0 Å². The SMILES string of the molecule is C[C@H](O)c1cccnc1N1CCC(c2ccccc2)C1. The number of pyridine rings is 1. The topological polar surface area (TPSA) is 36.4 Å². The van der Waals surface area contributed by atoms with E-state index in [0.717, 1.165) is 30.9 Å². The molecule has 1 saturated heterocycles. The molecular weight excluding hydrogens is 248 g/mol. The monoisotopic (exact) mass is 268 g/mol. The molecule has 3 heteroatoms. The summed E-state index contributed by atoms with van der Waals surface area (Å²) in [5.41, 5.74) is 2.31. The van der Waals surface area contributed by atoms with Gasteiger partial charge in [-0.25, -0.2) is 4.98 Å². The van der Waals surface area contributed by atoms with E-state index in [1.54, 1.807) is 13.1 Å². The van der Waals surface area contributed by atoms with E-state index in [9.17, 15) is 5.11 Å². The molecule has 0 amide bonds. The third-order valence-corrected chi connectivity index (χ3v) is 4.03. The first kappa shape index (κ1) is 13.1. The van der Waals surface area contributed by atoms with E-state index >= 15 is 0 Å². The fourth-order valence-electron chi connectivity index (χ4n) is 2.95. The van der Waals surface area contributed by atoms with E-state index in [1.165, 1.54) is 5.56 Å². The average Bonchev–Trinajstić information content (AvgIpc) is 2.98. The largest absolute Gasteiger partial charge is 0.389 e. The smallest absolute Gasteiger partial charge is 0.134 e. The molecule has 3 rings (SSSR count). The first-order chi connectivity index (χ1) is 9.75. The molecular formula is C17H20N2O. The Hall–Kier alpha value is -1.87. The zero-order valence-corrected chi connectivity index (χ0v) is 11.7. The standard InChI is InChI=1S/C17H20N2O/c1-13(20)16-8-5-10-18-17(16)19-11-9-15(12-19)14-6-3-2-4-7-14/h2-8,10,13,15,20H,9,11-12H2,1H3/t13-,15?/m0/s1. The number of aliphatic hydroxyl groups excluding tert-OH is 1. The molecule has 0 radical (unpaired) electrons. The van der Waals surface area contributed by atoms with Crippen molar-refractivity contribution in [2.24, 2.45) is 0 Å². The highest BCUT2D eigenvalue weighted by molar-refractivity contribution is 5.49. The molecule has 0 saturated carbocycles. The van der Waals surface area contributed by atoms with Gasteiger partial charge in [0.1, 0.15) is 5.82 Å². The molecule has 1 fully saturated rings. The van der Waals surface area contributed by atoms with Crippen molar-refractivity contribution < 1.29 is 5.11 Å². The van der Waals surface area contributed by atoms with Crippen LogP contribution in [0.1, 0.15) is 36.5 Å². The van der Waals surface area contributed by atoms with Crippen molar-refractivity contribution in [3.05, 3.63) is 59.8 Å². The first-order valence-corrected chi connectivity index (χ1v) is 7.18. The normalized spacial score (nSPS) is 20.1. The Morgan fingerprint density at radius 3 is 2.75 bits per heavy atom. The zero-order valence-electron chi connectivity index (χ0n) is 11.7. The number of hydrogen-bond donors (Lipinski definition) is 1. The molecule has 0 spiro atoms. The lowest BCUT2D eigenvalue weighted by molar-refractivity contribution is 0.199. The number of aliphatic hydroxyl groups is 1. The number of hydrogen-bond acceptors (Lipinski definition) is 3. The number of aromatic nitrogens is 1. The Morgan fingerprint density at radius 1 is 1.20 bits per heavy atom. The molecule has 2 aromatic rings. The molecule has 2 atom stereocenters. The van der Waals surface area contributed by atoms with E-state index in [1.807, 2.05) is 12.1 Å². The van der Waals surface area contributed by atoms with Crippen LogP contribution in [0.5, 0.6) is 0 Å². The first-order valence-electron chi connectivity index (χ1n) is 7.18. The Balaban J connectivity index is 1.81. The van der Waals surface area contributed by atoms with Crippen LogP contribution in [0.15, 0.2) is 48.7 Å². The summed E-state index contributed by atoms with van der Waals surface area (Å²) >= 11 is 0. The number of anilines is 1. The van der Waals surface area contributed by atoms with Crippen LogP contribution in [0.4, 0.5) is 5.82 Å². The average molecular weight is 268 g/mol. The second-order valence-electron chi connectivity index (χ2n) is 5.43. The van der Waals surface area contributed by atoms with Crippen LogP contribution in [0, 0.1) is 0 Å². The minimum atomic E-state index is -0.477. The van der Waals surface area contributed by atoms with Gasteiger partial charge in [0.15, 0.2) is 0 Å². The van der Waals surface area contributed by atoms with Gasteiger partial charge in [-0.05, 0) is 25.0 Å². The molecule has 1 aromatic carbocycles. The van der Waals surface area contributed by atoms with Crippen molar-refractivity contribution >= 4 is 5.82 Å². The molecule has 1 aliphatic heterocycles. The van der Waals surface area contributed by atoms with Crippen LogP contribution < -0.4 is 4.90 Å². The maximum Gasteiger partial charge on any atom is 0.134 e. The summed E-state index contributed by atoms with van der Waals surface area (Å²) in [6, 6.07) is 14.5. The third kappa shape index (κ3) is 2.54. The maximum absolute atomic E-state index is 9.88. The highest BCUT2D eigenvalue weighted by atomic mass is 16.3. The Morgan fingerprint density at radius 2 is 2.00 bits per heavy atom. The summed E-state index contributed by atoms with van der Waals surface area (Å²) in [7, 11) is 0.